The van der Waals surface area contributed by atoms with Gasteiger partial charge in [0.05, 0.1) is 47.8 Å². The average molecular weight is 723 g/mol. The third kappa shape index (κ3) is 10.3. The predicted octanol–water partition coefficient (Wildman–Crippen LogP) is 3.47. The Morgan fingerprint density at radius 3 is 2.31 bits per heavy atom. The molecular formula is C37H50N6O7S. The summed E-state index contributed by atoms with van der Waals surface area (Å²) in [6, 6.07) is 18.4. The van der Waals surface area contributed by atoms with Gasteiger partial charge in [-0.3, -0.25) is 9.78 Å². The molecule has 13 nitrogen and oxygen atoms in total. The number of hydrogen-bond acceptors (Lipinski definition) is 9. The van der Waals surface area contributed by atoms with Crippen LogP contribution in [0.2, 0.25) is 0 Å². The van der Waals surface area contributed by atoms with Crippen LogP contribution in [0.25, 0.3) is 0 Å². The van der Waals surface area contributed by atoms with Gasteiger partial charge in [0.15, 0.2) is 0 Å². The van der Waals surface area contributed by atoms with Crippen molar-refractivity contribution in [1.82, 2.24) is 24.4 Å². The highest BCUT2D eigenvalue weighted by Gasteiger charge is 2.41. The zero-order valence-electron chi connectivity index (χ0n) is 29.7. The number of sulfonamides is 1. The van der Waals surface area contributed by atoms with E-state index in [1.54, 1.807) is 28.0 Å². The molecule has 0 saturated carbocycles. The zero-order chi connectivity index (χ0) is 37.1. The first-order valence-electron chi connectivity index (χ1n) is 17.3. The number of aliphatic hydroxyl groups is 2. The normalized spacial score (nSPS) is 16.2. The lowest BCUT2D eigenvalue weighted by molar-refractivity contribution is -0.128. The number of nitrogens with zero attached hydrogens (tertiary/aromatic N) is 5. The fraction of sp³-hybridized carbons (Fsp3) is 0.459. The molecule has 2 heterocycles. The number of oxime groups is 1. The first kappa shape index (κ1) is 39.4. The van der Waals surface area contributed by atoms with E-state index in [9.17, 15) is 28.2 Å². The number of amides is 3. The van der Waals surface area contributed by atoms with E-state index >= 15 is 0 Å². The highest BCUT2D eigenvalue weighted by molar-refractivity contribution is 7.89. The van der Waals surface area contributed by atoms with Gasteiger partial charge in [-0.1, -0.05) is 87.8 Å². The Kier molecular flexibility index (Phi) is 14.1. The van der Waals surface area contributed by atoms with Crippen molar-refractivity contribution in [2.75, 3.05) is 26.2 Å². The number of aromatic nitrogens is 1. The molecule has 1 saturated heterocycles. The van der Waals surface area contributed by atoms with Crippen molar-refractivity contribution < 1.29 is 33.4 Å². The molecule has 1 fully saturated rings. The minimum absolute atomic E-state index is 0.0151. The number of hydrogen-bond donors (Lipinski definition) is 4. The highest BCUT2D eigenvalue weighted by atomic mass is 32.2. The van der Waals surface area contributed by atoms with Crippen LogP contribution in [-0.2, 0) is 34.4 Å². The monoisotopic (exact) mass is 722 g/mol. The topological polar surface area (TPSA) is 176 Å². The Hall–Kier alpha value is -4.37. The van der Waals surface area contributed by atoms with Crippen molar-refractivity contribution in [3.8, 4) is 0 Å². The van der Waals surface area contributed by atoms with Crippen LogP contribution in [0.3, 0.4) is 0 Å². The van der Waals surface area contributed by atoms with Gasteiger partial charge in [0.2, 0.25) is 15.9 Å². The minimum atomic E-state index is -4.07. The van der Waals surface area contributed by atoms with E-state index in [1.165, 1.54) is 34.8 Å². The lowest BCUT2D eigenvalue weighted by Crippen LogP contribution is -2.57. The van der Waals surface area contributed by atoms with Crippen molar-refractivity contribution in [1.29, 1.82) is 0 Å². The van der Waals surface area contributed by atoms with E-state index in [1.807, 2.05) is 58.0 Å². The van der Waals surface area contributed by atoms with Gasteiger partial charge in [-0.05, 0) is 53.6 Å². The van der Waals surface area contributed by atoms with Crippen molar-refractivity contribution in [2.45, 2.75) is 76.8 Å². The van der Waals surface area contributed by atoms with Gasteiger partial charge in [0.25, 0.3) is 0 Å². The molecule has 4 atom stereocenters. The fourth-order valence-electron chi connectivity index (χ4n) is 6.21. The van der Waals surface area contributed by atoms with E-state index in [-0.39, 0.29) is 55.4 Å². The minimum Gasteiger partial charge on any atom is -0.411 e. The molecular weight excluding hydrogens is 673 g/mol. The molecule has 0 bridgehead atoms. The van der Waals surface area contributed by atoms with Gasteiger partial charge in [0.1, 0.15) is 6.04 Å². The molecule has 0 unspecified atom stereocenters. The van der Waals surface area contributed by atoms with Crippen molar-refractivity contribution in [2.24, 2.45) is 17.0 Å². The second-order valence-corrected chi connectivity index (χ2v) is 15.3. The summed E-state index contributed by atoms with van der Waals surface area (Å²) >= 11 is 0. The Bertz CT molecular complexity index is 1720. The molecule has 0 aliphatic carbocycles. The van der Waals surface area contributed by atoms with E-state index in [2.05, 4.69) is 15.5 Å². The molecule has 4 N–H and O–H groups in total. The largest absolute Gasteiger partial charge is 0.411 e. The highest BCUT2D eigenvalue weighted by Crippen LogP contribution is 2.24. The summed E-state index contributed by atoms with van der Waals surface area (Å²) in [5.41, 5.74) is 2.48. The second kappa shape index (κ2) is 18.2. The Labute approximate surface area is 300 Å². The summed E-state index contributed by atoms with van der Waals surface area (Å²) in [5, 5.41) is 36.1. The smallest absolute Gasteiger partial charge is 0.321 e. The molecule has 3 aromatic rings. The predicted molar refractivity (Wildman–Crippen MR) is 193 cm³/mol. The summed E-state index contributed by atoms with van der Waals surface area (Å²) in [5.74, 6) is -0.731. The SMILES string of the molecule is CC[C@H](C)[C@@H](C(=O)N[C@@H](Cc1ccccc1)[C@@H](O)CN(CC(C)C)S(=O)(=O)c1ccc(C=NO)cc1)N1CCN(Cc2cccc(CO)n2)C1=O. The number of aliphatic hydroxyl groups excluding tert-OH is 2. The Morgan fingerprint density at radius 2 is 1.69 bits per heavy atom. The van der Waals surface area contributed by atoms with Crippen molar-refractivity contribution >= 4 is 28.2 Å². The standard InChI is InChI=1S/C37H50N6O7S/c1-5-27(4)35(43-19-18-41(37(43)47)23-30-12-9-13-31(25-44)39-30)36(46)40-33(20-28-10-7-6-8-11-28)34(45)24-42(22-26(2)3)51(49,50)32-16-14-29(15-17-32)21-38-48/h6-17,21,26-27,33-35,44-45,48H,5,18-20,22-25H2,1-4H3,(H,40,46)/t27-,33-,34-,35-/m0/s1. The molecule has 1 aromatic heterocycles. The molecule has 1 aliphatic heterocycles. The Morgan fingerprint density at radius 1 is 1.00 bits per heavy atom. The van der Waals surface area contributed by atoms with E-state index < -0.39 is 34.1 Å². The molecule has 1 aliphatic rings. The van der Waals surface area contributed by atoms with Crippen molar-refractivity contribution in [3.05, 3.63) is 95.3 Å². The first-order valence-corrected chi connectivity index (χ1v) is 18.7. The number of rotatable bonds is 18. The summed E-state index contributed by atoms with van der Waals surface area (Å²) in [6.07, 6.45) is 0.712. The fourth-order valence-corrected chi connectivity index (χ4v) is 7.83. The molecule has 2 aromatic carbocycles. The van der Waals surface area contributed by atoms with Crippen LogP contribution < -0.4 is 5.32 Å². The van der Waals surface area contributed by atoms with Gasteiger partial charge in [-0.15, -0.1) is 0 Å². The van der Waals surface area contributed by atoms with Crippen LogP contribution in [0.15, 0.2) is 82.8 Å². The number of carbonyl (C=O) groups excluding carboxylic acids is 2. The maximum absolute atomic E-state index is 14.3. The third-order valence-electron chi connectivity index (χ3n) is 9.07. The van der Waals surface area contributed by atoms with Crippen LogP contribution in [0.1, 0.15) is 56.6 Å². The second-order valence-electron chi connectivity index (χ2n) is 13.4. The van der Waals surface area contributed by atoms with Gasteiger partial charge in [0, 0.05) is 26.2 Å². The van der Waals surface area contributed by atoms with E-state index in [0.29, 0.717) is 36.5 Å². The van der Waals surface area contributed by atoms with Crippen molar-refractivity contribution in [3.63, 3.8) is 0 Å². The molecule has 276 valence electrons. The summed E-state index contributed by atoms with van der Waals surface area (Å²) in [4.78, 5) is 35.6. The molecule has 4 rings (SSSR count). The van der Waals surface area contributed by atoms with E-state index in [0.717, 1.165) is 5.56 Å². The quantitative estimate of drug-likeness (QED) is 0.0877. The van der Waals surface area contributed by atoms with E-state index in [4.69, 9.17) is 5.21 Å². The molecule has 51 heavy (non-hydrogen) atoms. The molecule has 14 heteroatoms. The number of nitrogens with one attached hydrogen (secondary N) is 1. The van der Waals surface area contributed by atoms with Gasteiger partial charge in [-0.2, -0.15) is 4.31 Å². The summed E-state index contributed by atoms with van der Waals surface area (Å²) < 4.78 is 29.0. The molecule has 0 radical (unpaired) electrons. The Balaban J connectivity index is 1.59. The van der Waals surface area contributed by atoms with Gasteiger partial charge < -0.3 is 30.5 Å². The number of pyridine rings is 1. The lowest BCUT2D eigenvalue weighted by Gasteiger charge is -2.35. The summed E-state index contributed by atoms with van der Waals surface area (Å²) in [7, 11) is -4.07. The first-order chi connectivity index (χ1) is 24.4. The van der Waals surface area contributed by atoms with Crippen LogP contribution in [0, 0.1) is 11.8 Å². The van der Waals surface area contributed by atoms with Crippen LogP contribution in [-0.4, -0.2) is 105 Å². The van der Waals surface area contributed by atoms with Gasteiger partial charge >= 0.3 is 6.03 Å². The molecule has 3 amide bonds. The lowest BCUT2D eigenvalue weighted by atomic mass is 9.95. The van der Waals surface area contributed by atoms with Crippen LogP contribution in [0.5, 0.6) is 0 Å². The number of carbonyl (C=O) groups is 2. The number of urea groups is 1. The maximum Gasteiger partial charge on any atom is 0.321 e. The average Bonchev–Trinajstić information content (AvgIpc) is 3.46. The van der Waals surface area contributed by atoms with Crippen LogP contribution >= 0.6 is 0 Å². The zero-order valence-corrected chi connectivity index (χ0v) is 30.5. The summed E-state index contributed by atoms with van der Waals surface area (Å²) in [6.45, 7) is 8.16. The molecule has 0 spiro atoms. The maximum atomic E-state index is 14.3. The number of benzene rings is 2. The van der Waals surface area contributed by atoms with Crippen LogP contribution in [0.4, 0.5) is 4.79 Å². The van der Waals surface area contributed by atoms with Gasteiger partial charge in [-0.25, -0.2) is 13.2 Å². The third-order valence-corrected chi connectivity index (χ3v) is 10.9.